The van der Waals surface area contributed by atoms with E-state index < -0.39 is 6.43 Å². The minimum Gasteiger partial charge on any atom is -0.371 e. The number of hydroxylamine groups is 1. The van der Waals surface area contributed by atoms with Gasteiger partial charge in [-0.1, -0.05) is 0 Å². The average Bonchev–Trinajstić information content (AvgIpc) is 3.41. The third kappa shape index (κ3) is 3.44. The van der Waals surface area contributed by atoms with E-state index in [1.165, 1.54) is 25.5 Å². The molecule has 6 rings (SSSR count). The van der Waals surface area contributed by atoms with Crippen LogP contribution in [0.4, 0.5) is 20.3 Å². The molecule has 1 spiro atoms. The molecule has 0 unspecified atom stereocenters. The summed E-state index contributed by atoms with van der Waals surface area (Å²) >= 11 is 0. The fraction of sp³-hybridized carbons (Fsp3) is 0.364. The van der Waals surface area contributed by atoms with Crippen molar-refractivity contribution in [3.63, 3.8) is 0 Å². The summed E-state index contributed by atoms with van der Waals surface area (Å²) in [6.07, 6.45) is 3.97. The number of fused-ring (bicyclic) bond motifs is 2. The number of nitrogens with zero attached hydrogens (tertiary/aromatic N) is 7. The number of aromatic nitrogens is 5. The molecule has 170 valence electrons. The van der Waals surface area contributed by atoms with Crippen LogP contribution in [0.25, 0.3) is 27.8 Å². The number of anilines is 2. The summed E-state index contributed by atoms with van der Waals surface area (Å²) in [6, 6.07) is 5.42. The van der Waals surface area contributed by atoms with Gasteiger partial charge in [-0.25, -0.2) is 28.3 Å². The topological polar surface area (TPSA) is 91.9 Å². The molecule has 33 heavy (non-hydrogen) atoms. The van der Waals surface area contributed by atoms with Crippen LogP contribution < -0.4 is 9.96 Å². The van der Waals surface area contributed by atoms with Crippen LogP contribution in [0.1, 0.15) is 25.0 Å². The van der Waals surface area contributed by atoms with Crippen LogP contribution in [-0.4, -0.2) is 62.1 Å². The van der Waals surface area contributed by atoms with Gasteiger partial charge in [0.05, 0.1) is 24.1 Å². The maximum atomic E-state index is 13.5. The molecule has 0 atom stereocenters. The molecule has 4 aromatic rings. The fourth-order valence-corrected chi connectivity index (χ4v) is 4.35. The number of hydrogen-bond donors (Lipinski definition) is 1. The largest absolute Gasteiger partial charge is 0.371 e. The molecule has 9 nitrogen and oxygen atoms in total. The van der Waals surface area contributed by atoms with E-state index in [1.54, 1.807) is 4.52 Å². The monoisotopic (exact) mass is 453 g/mol. The highest BCUT2D eigenvalue weighted by atomic mass is 19.3. The summed E-state index contributed by atoms with van der Waals surface area (Å²) in [6.45, 7) is 2.36. The minimum absolute atomic E-state index is 0.00335. The number of hydrogen-bond acceptors (Lipinski definition) is 8. The molecule has 5 heterocycles. The van der Waals surface area contributed by atoms with Crippen molar-refractivity contribution in [2.24, 2.45) is 0 Å². The van der Waals surface area contributed by atoms with Crippen LogP contribution in [0, 0.1) is 0 Å². The first-order valence-electron chi connectivity index (χ1n) is 10.7. The lowest BCUT2D eigenvalue weighted by atomic mass is 10.1. The van der Waals surface area contributed by atoms with Gasteiger partial charge in [0, 0.05) is 48.9 Å². The Bertz CT molecular complexity index is 1370. The predicted octanol–water partition coefficient (Wildman–Crippen LogP) is 3.47. The number of pyridine rings is 3. The molecular formula is C22H21F2N7O2. The Morgan fingerprint density at radius 3 is 2.79 bits per heavy atom. The minimum atomic E-state index is -2.76. The molecule has 4 aromatic heterocycles. The van der Waals surface area contributed by atoms with E-state index in [-0.39, 0.29) is 22.5 Å². The van der Waals surface area contributed by atoms with Crippen LogP contribution in [-0.2, 0) is 4.74 Å². The fourth-order valence-electron chi connectivity index (χ4n) is 4.35. The van der Waals surface area contributed by atoms with Crippen molar-refractivity contribution in [2.45, 2.75) is 24.9 Å². The average molecular weight is 453 g/mol. The first-order valence-corrected chi connectivity index (χ1v) is 10.7. The standard InChI is InChI=1S/C22H21F2N7O2/c1-29(32)18-8-14-15(9-25-18)19(20(23)24)26-10-16(14)21-27-17-3-2-13(11-31(17)28-21)30-6-7-33-22(12-30)4-5-22/h2-3,8-11,20,32H,4-7,12H2,1H3. The molecule has 0 bridgehead atoms. The molecule has 0 amide bonds. The van der Waals surface area contributed by atoms with Gasteiger partial charge < -0.3 is 9.64 Å². The highest BCUT2D eigenvalue weighted by Gasteiger charge is 2.47. The molecule has 1 N–H and O–H groups in total. The number of alkyl halides is 2. The summed E-state index contributed by atoms with van der Waals surface area (Å²) in [5.41, 5.74) is 1.76. The lowest BCUT2D eigenvalue weighted by Gasteiger charge is -2.34. The predicted molar refractivity (Wildman–Crippen MR) is 117 cm³/mol. The van der Waals surface area contributed by atoms with E-state index in [4.69, 9.17) is 4.74 Å². The third-order valence-corrected chi connectivity index (χ3v) is 6.30. The van der Waals surface area contributed by atoms with Gasteiger partial charge in [0.25, 0.3) is 6.43 Å². The Hall–Kier alpha value is -3.44. The summed E-state index contributed by atoms with van der Waals surface area (Å²) < 4.78 is 34.7. The lowest BCUT2D eigenvalue weighted by Crippen LogP contribution is -2.44. The van der Waals surface area contributed by atoms with E-state index in [0.717, 1.165) is 36.7 Å². The second-order valence-corrected chi connectivity index (χ2v) is 8.55. The van der Waals surface area contributed by atoms with Crippen LogP contribution >= 0.6 is 0 Å². The van der Waals surface area contributed by atoms with Gasteiger partial charge in [0.1, 0.15) is 5.69 Å². The zero-order valence-corrected chi connectivity index (χ0v) is 17.8. The van der Waals surface area contributed by atoms with Crippen molar-refractivity contribution in [1.82, 2.24) is 24.6 Å². The van der Waals surface area contributed by atoms with Crippen LogP contribution in [0.3, 0.4) is 0 Å². The van der Waals surface area contributed by atoms with Gasteiger partial charge in [-0.2, -0.15) is 0 Å². The van der Waals surface area contributed by atoms with Gasteiger partial charge in [-0.15, -0.1) is 5.10 Å². The van der Waals surface area contributed by atoms with Crippen LogP contribution in [0.15, 0.2) is 36.8 Å². The van der Waals surface area contributed by atoms with Crippen molar-refractivity contribution in [3.8, 4) is 11.4 Å². The highest BCUT2D eigenvalue weighted by Crippen LogP contribution is 2.43. The van der Waals surface area contributed by atoms with Gasteiger partial charge in [0.2, 0.25) is 0 Å². The zero-order valence-electron chi connectivity index (χ0n) is 17.8. The van der Waals surface area contributed by atoms with Gasteiger partial charge in [-0.05, 0) is 31.0 Å². The first-order chi connectivity index (χ1) is 15.9. The number of ether oxygens (including phenoxy) is 1. The van der Waals surface area contributed by atoms with E-state index in [0.29, 0.717) is 29.0 Å². The second-order valence-electron chi connectivity index (χ2n) is 8.55. The molecule has 0 aromatic carbocycles. The molecule has 0 radical (unpaired) electrons. The van der Waals surface area contributed by atoms with Crippen molar-refractivity contribution in [3.05, 3.63) is 42.5 Å². The molecule has 1 aliphatic heterocycles. The summed E-state index contributed by atoms with van der Waals surface area (Å²) in [4.78, 5) is 14.9. The molecule has 1 saturated heterocycles. The maximum absolute atomic E-state index is 13.5. The molecule has 11 heteroatoms. The quantitative estimate of drug-likeness (QED) is 0.470. The molecule has 1 saturated carbocycles. The van der Waals surface area contributed by atoms with E-state index in [1.807, 2.05) is 18.3 Å². The third-order valence-electron chi connectivity index (χ3n) is 6.30. The summed E-state index contributed by atoms with van der Waals surface area (Å²) in [5.74, 6) is 0.561. The second kappa shape index (κ2) is 7.29. The summed E-state index contributed by atoms with van der Waals surface area (Å²) in [5, 5.41) is 15.9. The Labute approximate surface area is 187 Å². The normalized spacial score (nSPS) is 17.4. The van der Waals surface area contributed by atoms with Crippen molar-refractivity contribution in [2.75, 3.05) is 36.7 Å². The maximum Gasteiger partial charge on any atom is 0.281 e. The van der Waals surface area contributed by atoms with Crippen molar-refractivity contribution in [1.29, 1.82) is 0 Å². The van der Waals surface area contributed by atoms with Gasteiger partial charge in [0.15, 0.2) is 17.3 Å². The number of halogens is 2. The number of morpholine rings is 1. The van der Waals surface area contributed by atoms with Crippen molar-refractivity contribution < 1.29 is 18.7 Å². The Morgan fingerprint density at radius 1 is 1.18 bits per heavy atom. The van der Waals surface area contributed by atoms with E-state index in [2.05, 4.69) is 25.0 Å². The molecule has 2 aliphatic rings. The Kier molecular flexibility index (Phi) is 4.46. The summed E-state index contributed by atoms with van der Waals surface area (Å²) in [7, 11) is 1.41. The zero-order chi connectivity index (χ0) is 22.7. The lowest BCUT2D eigenvalue weighted by molar-refractivity contribution is 0.0206. The van der Waals surface area contributed by atoms with E-state index >= 15 is 0 Å². The first kappa shape index (κ1) is 20.2. The van der Waals surface area contributed by atoms with Gasteiger partial charge in [-0.3, -0.25) is 10.2 Å². The van der Waals surface area contributed by atoms with E-state index in [9.17, 15) is 14.0 Å². The molecule has 1 aliphatic carbocycles. The highest BCUT2D eigenvalue weighted by molar-refractivity contribution is 5.97. The SMILES string of the molecule is CN(O)c1cc2c(-c3nc4ccc(N5CCOC6(CC6)C5)cn4n3)cnc(C(F)F)c2cn1. The molecular weight excluding hydrogens is 432 g/mol. The van der Waals surface area contributed by atoms with Crippen LogP contribution in [0.2, 0.25) is 0 Å². The van der Waals surface area contributed by atoms with Crippen LogP contribution in [0.5, 0.6) is 0 Å². The van der Waals surface area contributed by atoms with Crippen molar-refractivity contribution >= 4 is 27.9 Å². The number of rotatable bonds is 4. The van der Waals surface area contributed by atoms with Gasteiger partial charge >= 0.3 is 0 Å². The smallest absolute Gasteiger partial charge is 0.281 e. The Balaban J connectivity index is 1.44. The molecule has 2 fully saturated rings. The Morgan fingerprint density at radius 2 is 2.03 bits per heavy atom.